The average molecular weight is 498 g/mol. The number of alkyl carbamates (subject to hydrolysis) is 1. The highest BCUT2D eigenvalue weighted by Gasteiger charge is 2.30. The zero-order valence-corrected chi connectivity index (χ0v) is 19.7. The maximum Gasteiger partial charge on any atom is 0.408 e. The highest BCUT2D eigenvalue weighted by atomic mass is 79.9. The van der Waals surface area contributed by atoms with Crippen molar-refractivity contribution in [3.8, 4) is 0 Å². The maximum absolute atomic E-state index is 13.0. The largest absolute Gasteiger partial charge is 0.444 e. The third kappa shape index (κ3) is 7.97. The lowest BCUT2D eigenvalue weighted by Crippen LogP contribution is -2.52. The Balaban J connectivity index is 2.12. The average Bonchev–Trinajstić information content (AvgIpc) is 2.66. The fourth-order valence-electron chi connectivity index (χ4n) is 2.52. The number of anilines is 1. The molecular weight excluding hydrogens is 472 g/mol. The zero-order valence-electron chi connectivity index (χ0n) is 17.4. The lowest BCUT2D eigenvalue weighted by atomic mass is 10.1. The molecule has 0 aromatic heterocycles. The van der Waals surface area contributed by atoms with Gasteiger partial charge in [0.1, 0.15) is 11.6 Å². The molecule has 2 aromatic carbocycles. The van der Waals surface area contributed by atoms with Gasteiger partial charge in [0.2, 0.25) is 5.91 Å². The van der Waals surface area contributed by atoms with E-state index in [-0.39, 0.29) is 0 Å². The first kappa shape index (κ1) is 24.2. The fraction of sp³-hybridized carbons (Fsp3) is 0.364. The van der Waals surface area contributed by atoms with Crippen LogP contribution in [0.4, 0.5) is 10.5 Å². The van der Waals surface area contributed by atoms with E-state index in [1.54, 1.807) is 45.9 Å². The molecule has 2 N–H and O–H groups in total. The van der Waals surface area contributed by atoms with Gasteiger partial charge in [-0.2, -0.15) is 0 Å². The van der Waals surface area contributed by atoms with Crippen molar-refractivity contribution < 1.29 is 19.1 Å². The van der Waals surface area contributed by atoms with Crippen LogP contribution in [0.25, 0.3) is 0 Å². The summed E-state index contributed by atoms with van der Waals surface area (Å²) in [7, 11) is 0. The third-order valence-corrected chi connectivity index (χ3v) is 5.18. The molecule has 2 aromatic rings. The van der Waals surface area contributed by atoms with E-state index in [4.69, 9.17) is 21.1 Å². The van der Waals surface area contributed by atoms with Crippen LogP contribution in [0.5, 0.6) is 0 Å². The Morgan fingerprint density at radius 1 is 1.13 bits per heavy atom. The summed E-state index contributed by atoms with van der Waals surface area (Å²) in [6, 6.07) is 13.6. The van der Waals surface area contributed by atoms with Crippen LogP contribution in [0.2, 0.25) is 5.02 Å². The number of amides is 2. The minimum absolute atomic E-state index is 0.300. The van der Waals surface area contributed by atoms with E-state index >= 15 is 0 Å². The van der Waals surface area contributed by atoms with Crippen molar-refractivity contribution in [2.24, 2.45) is 0 Å². The Hall–Kier alpha value is -2.09. The van der Waals surface area contributed by atoms with Crippen LogP contribution >= 0.6 is 27.5 Å². The van der Waals surface area contributed by atoms with E-state index in [9.17, 15) is 9.59 Å². The van der Waals surface area contributed by atoms with Crippen LogP contribution in [-0.4, -0.2) is 29.7 Å². The van der Waals surface area contributed by atoms with E-state index in [0.29, 0.717) is 21.8 Å². The summed E-state index contributed by atoms with van der Waals surface area (Å²) in [5.74, 6) is -0.435. The smallest absolute Gasteiger partial charge is 0.408 e. The van der Waals surface area contributed by atoms with Crippen molar-refractivity contribution >= 4 is 45.2 Å². The Morgan fingerprint density at radius 3 is 2.40 bits per heavy atom. The van der Waals surface area contributed by atoms with Crippen LogP contribution in [0.15, 0.2) is 53.0 Å². The van der Waals surface area contributed by atoms with Gasteiger partial charge < -0.3 is 20.1 Å². The van der Waals surface area contributed by atoms with Gasteiger partial charge in [-0.1, -0.05) is 41.9 Å². The summed E-state index contributed by atoms with van der Waals surface area (Å²) in [6.45, 7) is 7.28. The summed E-state index contributed by atoms with van der Waals surface area (Å²) >= 11 is 9.34. The van der Waals surface area contributed by atoms with E-state index in [1.807, 2.05) is 30.3 Å². The molecular formula is C22H26BrClN2O4. The van der Waals surface area contributed by atoms with Crippen molar-refractivity contribution in [1.29, 1.82) is 0 Å². The Kier molecular flexibility index (Phi) is 8.70. The van der Waals surface area contributed by atoms with Crippen LogP contribution in [-0.2, 0) is 20.9 Å². The first-order valence-electron chi connectivity index (χ1n) is 9.46. The molecule has 0 radical (unpaired) electrons. The normalized spacial score (nSPS) is 13.3. The second kappa shape index (κ2) is 10.8. The third-order valence-electron chi connectivity index (χ3n) is 3.97. The molecule has 8 heteroatoms. The molecule has 0 aliphatic heterocycles. The van der Waals surface area contributed by atoms with Crippen molar-refractivity contribution in [3.05, 3.63) is 63.6 Å². The number of ether oxygens (including phenoxy) is 2. The van der Waals surface area contributed by atoms with Gasteiger partial charge in [-0.25, -0.2) is 4.79 Å². The van der Waals surface area contributed by atoms with Gasteiger partial charge in [0.15, 0.2) is 0 Å². The number of benzene rings is 2. The Morgan fingerprint density at radius 2 is 1.80 bits per heavy atom. The molecule has 2 amide bonds. The predicted octanol–water partition coefficient (Wildman–Crippen LogP) is 5.54. The highest BCUT2D eigenvalue weighted by molar-refractivity contribution is 9.10. The van der Waals surface area contributed by atoms with Gasteiger partial charge in [0, 0.05) is 10.2 Å². The quantitative estimate of drug-likeness (QED) is 0.526. The molecule has 0 heterocycles. The van der Waals surface area contributed by atoms with Crippen LogP contribution in [0.1, 0.15) is 33.3 Å². The molecule has 2 atom stereocenters. The Bertz CT molecular complexity index is 871. The van der Waals surface area contributed by atoms with Crippen LogP contribution in [0, 0.1) is 0 Å². The maximum atomic E-state index is 13.0. The SMILES string of the molecule is C[C@H](OCc1ccccc1)[C@H](NC(=O)OC(C)(C)C)C(=O)Nc1ccc(Cl)c(Br)c1. The number of hydrogen-bond donors (Lipinski definition) is 2. The van der Waals surface area contributed by atoms with Crippen LogP contribution < -0.4 is 10.6 Å². The topological polar surface area (TPSA) is 76.7 Å². The summed E-state index contributed by atoms with van der Waals surface area (Å²) in [5, 5.41) is 5.92. The lowest BCUT2D eigenvalue weighted by molar-refractivity contribution is -0.122. The van der Waals surface area contributed by atoms with E-state index in [1.165, 1.54) is 0 Å². The van der Waals surface area contributed by atoms with Crippen molar-refractivity contribution in [3.63, 3.8) is 0 Å². The number of halogens is 2. The summed E-state index contributed by atoms with van der Waals surface area (Å²) in [4.78, 5) is 25.3. The molecule has 0 fully saturated rings. The van der Waals surface area contributed by atoms with Gasteiger partial charge in [-0.3, -0.25) is 4.79 Å². The molecule has 0 aliphatic carbocycles. The number of hydrogen-bond acceptors (Lipinski definition) is 4. The second-order valence-electron chi connectivity index (χ2n) is 7.74. The summed E-state index contributed by atoms with van der Waals surface area (Å²) in [5.41, 5.74) is 0.797. The fourth-order valence-corrected chi connectivity index (χ4v) is 3.02. The number of rotatable bonds is 7. The van der Waals surface area contributed by atoms with E-state index in [0.717, 1.165) is 5.56 Å². The highest BCUT2D eigenvalue weighted by Crippen LogP contribution is 2.25. The number of carbonyl (C=O) groups excluding carboxylic acids is 2. The second-order valence-corrected chi connectivity index (χ2v) is 9.01. The molecule has 0 saturated heterocycles. The number of carbonyl (C=O) groups is 2. The molecule has 0 bridgehead atoms. The number of nitrogens with one attached hydrogen (secondary N) is 2. The summed E-state index contributed by atoms with van der Waals surface area (Å²) < 4.78 is 11.8. The monoisotopic (exact) mass is 496 g/mol. The summed E-state index contributed by atoms with van der Waals surface area (Å²) in [6.07, 6.45) is -1.32. The Labute approximate surface area is 190 Å². The standard InChI is InChI=1S/C22H26BrClN2O4/c1-14(29-13-15-8-6-5-7-9-15)19(26-21(28)30-22(2,3)4)20(27)25-16-10-11-18(24)17(23)12-16/h5-12,14,19H,13H2,1-4H3,(H,25,27)(H,26,28)/t14-,19-/m0/s1. The van der Waals surface area contributed by atoms with Crippen molar-refractivity contribution in [2.75, 3.05) is 5.32 Å². The van der Waals surface area contributed by atoms with Crippen LogP contribution in [0.3, 0.4) is 0 Å². The lowest BCUT2D eigenvalue weighted by Gasteiger charge is -2.27. The van der Waals surface area contributed by atoms with Gasteiger partial charge >= 0.3 is 6.09 Å². The molecule has 0 spiro atoms. The molecule has 2 rings (SSSR count). The molecule has 0 aliphatic rings. The predicted molar refractivity (Wildman–Crippen MR) is 122 cm³/mol. The van der Waals surface area contributed by atoms with E-state index in [2.05, 4.69) is 26.6 Å². The molecule has 0 saturated carbocycles. The van der Waals surface area contributed by atoms with Gasteiger partial charge in [-0.05, 0) is 67.4 Å². The molecule has 30 heavy (non-hydrogen) atoms. The molecule has 162 valence electrons. The van der Waals surface area contributed by atoms with Gasteiger partial charge in [0.25, 0.3) is 0 Å². The first-order valence-corrected chi connectivity index (χ1v) is 10.6. The zero-order chi connectivity index (χ0) is 22.3. The molecule has 6 nitrogen and oxygen atoms in total. The minimum atomic E-state index is -0.974. The van der Waals surface area contributed by atoms with Crippen molar-refractivity contribution in [1.82, 2.24) is 5.32 Å². The van der Waals surface area contributed by atoms with Crippen molar-refractivity contribution in [2.45, 2.75) is 52.0 Å². The van der Waals surface area contributed by atoms with Gasteiger partial charge in [0.05, 0.1) is 17.7 Å². The molecule has 0 unspecified atom stereocenters. The van der Waals surface area contributed by atoms with E-state index < -0.39 is 29.7 Å². The van der Waals surface area contributed by atoms with Gasteiger partial charge in [-0.15, -0.1) is 0 Å². The first-order chi connectivity index (χ1) is 14.0. The minimum Gasteiger partial charge on any atom is -0.444 e.